The molecular weight excluding hydrogens is 130 g/mol. The molecule has 0 aromatic heterocycles. The first-order valence-corrected chi connectivity index (χ1v) is 1.75. The molecule has 0 heterocycles. The fourth-order valence-electron chi connectivity index (χ4n) is 0.116. The molecule has 0 saturated heterocycles. The summed E-state index contributed by atoms with van der Waals surface area (Å²) in [4.78, 5) is 12.9. The predicted octanol–water partition coefficient (Wildman–Crippen LogP) is -1.82. The lowest BCUT2D eigenvalue weighted by Crippen LogP contribution is -2.43. The van der Waals surface area contributed by atoms with Crippen LogP contribution in [-0.4, -0.2) is 16.2 Å². The minimum atomic E-state index is -1.18. The Kier molecular flexibility index (Phi) is 2.20. The fraction of sp³-hybridized carbons (Fsp3) is 0. The van der Waals surface area contributed by atoms with E-state index in [-0.39, 0.29) is 5.17 Å². The summed E-state index contributed by atoms with van der Waals surface area (Å²) in [6.07, 6.45) is 0. The Bertz CT molecular complexity index is 132. The van der Waals surface area contributed by atoms with Gasteiger partial charge in [-0.1, -0.05) is 0 Å². The summed E-state index contributed by atoms with van der Waals surface area (Å²) in [6.45, 7) is 0. The maximum absolute atomic E-state index is 9.42. The zero-order chi connectivity index (χ0) is 7.44. The summed E-state index contributed by atoms with van der Waals surface area (Å²) in [5.74, 6) is 3.89. The van der Waals surface area contributed by atoms with E-state index in [0.717, 1.165) is 0 Å². The number of hydrazine groups is 1. The molecule has 0 rings (SSSR count). The Balaban J connectivity index is 3.63. The van der Waals surface area contributed by atoms with Crippen molar-refractivity contribution >= 4 is 5.96 Å². The number of nitrogens with zero attached hydrogens (tertiary/aromatic N) is 2. The smallest absolute Gasteiger partial charge is 0.318 e. The van der Waals surface area contributed by atoms with Crippen LogP contribution in [0.15, 0.2) is 0 Å². The summed E-state index contributed by atoms with van der Waals surface area (Å²) in [5, 5.41) is 14.7. The minimum absolute atomic E-state index is 0.0278. The van der Waals surface area contributed by atoms with E-state index in [2.05, 4.69) is 16.5 Å². The maximum atomic E-state index is 9.42. The van der Waals surface area contributed by atoms with Gasteiger partial charge in [-0.3, -0.25) is 5.41 Å². The van der Waals surface area contributed by atoms with E-state index < -0.39 is 11.0 Å². The van der Waals surface area contributed by atoms with Crippen LogP contribution in [0, 0.1) is 15.5 Å². The van der Waals surface area contributed by atoms with Crippen molar-refractivity contribution in [1.82, 2.24) is 5.17 Å². The lowest BCUT2D eigenvalue weighted by Gasteiger charge is -2.09. The summed E-state index contributed by atoms with van der Waals surface area (Å²) >= 11 is 0. The summed E-state index contributed by atoms with van der Waals surface area (Å²) in [6, 6.07) is 0. The Morgan fingerprint density at radius 3 is 2.44 bits per heavy atom. The van der Waals surface area contributed by atoms with Crippen LogP contribution in [0.25, 0.3) is 0 Å². The van der Waals surface area contributed by atoms with Crippen LogP contribution in [0.1, 0.15) is 0 Å². The van der Waals surface area contributed by atoms with Gasteiger partial charge in [0.2, 0.25) is 5.96 Å². The topological polar surface area (TPSA) is 132 Å². The number of hydroxylamine groups is 1. The second-order valence-electron chi connectivity index (χ2n) is 1.02. The normalized spacial score (nSPS) is 8.11. The van der Waals surface area contributed by atoms with Gasteiger partial charge in [-0.25, -0.2) is 5.84 Å². The molecule has 0 aromatic carbocycles. The summed E-state index contributed by atoms with van der Waals surface area (Å²) < 4.78 is 0. The summed E-state index contributed by atoms with van der Waals surface area (Å²) in [5.41, 5.74) is 4.64. The van der Waals surface area contributed by atoms with Gasteiger partial charge in [-0.05, 0) is 0 Å². The molecule has 0 amide bonds. The molecule has 0 fully saturated rings. The number of nitrogens with two attached hydrogens (primary N) is 2. The molecule has 0 spiro atoms. The second-order valence-corrected chi connectivity index (χ2v) is 1.02. The molecule has 5 N–H and O–H groups in total. The van der Waals surface area contributed by atoms with Crippen molar-refractivity contribution in [2.45, 2.75) is 0 Å². The maximum Gasteiger partial charge on any atom is 0.318 e. The van der Waals surface area contributed by atoms with E-state index in [4.69, 9.17) is 5.41 Å². The van der Waals surface area contributed by atoms with Crippen LogP contribution in [0.4, 0.5) is 0 Å². The van der Waals surface area contributed by atoms with Gasteiger partial charge in [0.1, 0.15) is 0 Å². The standard InChI is InChI=1S/CH5N5O3/c2-1(3)5(4)9-6(7)8/h4H2,(H3,2,3). The van der Waals surface area contributed by atoms with Crippen LogP contribution in [0.2, 0.25) is 0 Å². The van der Waals surface area contributed by atoms with Crippen molar-refractivity contribution in [3.63, 3.8) is 0 Å². The monoisotopic (exact) mass is 135 g/mol. The van der Waals surface area contributed by atoms with Gasteiger partial charge >= 0.3 is 5.09 Å². The number of hydrogen-bond acceptors (Lipinski definition) is 5. The molecule has 9 heavy (non-hydrogen) atoms. The van der Waals surface area contributed by atoms with Gasteiger partial charge in [-0.2, -0.15) is 4.94 Å². The Hall–Kier alpha value is -1.57. The molecule has 0 saturated carbocycles. The highest BCUT2D eigenvalue weighted by Crippen LogP contribution is 1.76. The van der Waals surface area contributed by atoms with Gasteiger partial charge in [-0.15, -0.1) is 15.3 Å². The van der Waals surface area contributed by atoms with E-state index >= 15 is 0 Å². The number of nitrogens with one attached hydrogen (secondary N) is 1. The number of hydrogen-bond donors (Lipinski definition) is 3. The highest BCUT2D eigenvalue weighted by Gasteiger charge is 2.03. The lowest BCUT2D eigenvalue weighted by molar-refractivity contribution is -0.803. The predicted molar refractivity (Wildman–Crippen MR) is 26.0 cm³/mol. The van der Waals surface area contributed by atoms with Crippen LogP contribution < -0.4 is 11.6 Å². The average molecular weight is 135 g/mol. The third kappa shape index (κ3) is 3.05. The largest absolute Gasteiger partial charge is 0.367 e. The lowest BCUT2D eigenvalue weighted by atomic mass is 11.1. The van der Waals surface area contributed by atoms with E-state index in [1.807, 2.05) is 0 Å². The molecule has 52 valence electrons. The van der Waals surface area contributed by atoms with E-state index in [1.165, 1.54) is 0 Å². The van der Waals surface area contributed by atoms with Gasteiger partial charge in [0, 0.05) is 0 Å². The molecule has 0 bridgehead atoms. The minimum Gasteiger partial charge on any atom is -0.367 e. The first kappa shape index (κ1) is 7.43. The molecule has 0 unspecified atom stereocenters. The van der Waals surface area contributed by atoms with Gasteiger partial charge in [0.15, 0.2) is 0 Å². The molecule has 0 aliphatic carbocycles. The highest BCUT2D eigenvalue weighted by molar-refractivity contribution is 5.72. The Morgan fingerprint density at radius 1 is 1.89 bits per heavy atom. The van der Waals surface area contributed by atoms with Gasteiger partial charge in [0.25, 0.3) is 0 Å². The molecule has 0 aromatic rings. The van der Waals surface area contributed by atoms with Gasteiger partial charge in [0.05, 0.1) is 0 Å². The molecule has 8 heteroatoms. The van der Waals surface area contributed by atoms with E-state index in [9.17, 15) is 10.1 Å². The molecule has 0 aliphatic heterocycles. The van der Waals surface area contributed by atoms with E-state index in [0.29, 0.717) is 0 Å². The Labute approximate surface area is 49.5 Å². The molecule has 8 nitrogen and oxygen atoms in total. The Morgan fingerprint density at radius 2 is 2.33 bits per heavy atom. The third-order valence-corrected chi connectivity index (χ3v) is 0.392. The zero-order valence-electron chi connectivity index (χ0n) is 4.27. The van der Waals surface area contributed by atoms with Crippen molar-refractivity contribution in [2.24, 2.45) is 11.6 Å². The highest BCUT2D eigenvalue weighted by atomic mass is 17.0. The van der Waals surface area contributed by atoms with Crippen molar-refractivity contribution in [3.8, 4) is 0 Å². The van der Waals surface area contributed by atoms with Crippen molar-refractivity contribution in [3.05, 3.63) is 10.1 Å². The average Bonchev–Trinajstić information content (AvgIpc) is 1.63. The number of guanidine groups is 1. The first-order valence-electron chi connectivity index (χ1n) is 1.75. The first-order chi connectivity index (χ1) is 4.04. The van der Waals surface area contributed by atoms with Crippen molar-refractivity contribution in [1.29, 1.82) is 5.41 Å². The van der Waals surface area contributed by atoms with Gasteiger partial charge < -0.3 is 5.73 Å². The second kappa shape index (κ2) is 2.67. The van der Waals surface area contributed by atoms with E-state index in [1.54, 1.807) is 0 Å². The fourth-order valence-corrected chi connectivity index (χ4v) is 0.116. The molecular formula is CH5N5O3. The van der Waals surface area contributed by atoms with Crippen LogP contribution in [0.3, 0.4) is 0 Å². The SMILES string of the molecule is N=C(N)N(N)O[N+](=O)[O-]. The summed E-state index contributed by atoms with van der Waals surface area (Å²) in [7, 11) is 0. The van der Waals surface area contributed by atoms with Crippen LogP contribution in [-0.2, 0) is 4.94 Å². The van der Waals surface area contributed by atoms with Crippen LogP contribution >= 0.6 is 0 Å². The van der Waals surface area contributed by atoms with Crippen LogP contribution in [0.5, 0.6) is 0 Å². The number of rotatable bonds is 2. The van der Waals surface area contributed by atoms with Crippen molar-refractivity contribution < 1.29 is 10.0 Å². The zero-order valence-corrected chi connectivity index (χ0v) is 4.27. The molecule has 0 radical (unpaired) electrons. The quantitative estimate of drug-likeness (QED) is 0.134. The molecule has 0 aliphatic rings. The van der Waals surface area contributed by atoms with Crippen molar-refractivity contribution in [2.75, 3.05) is 0 Å². The molecule has 0 atom stereocenters. The third-order valence-electron chi connectivity index (χ3n) is 0.392.